The van der Waals surface area contributed by atoms with E-state index >= 15 is 0 Å². The first-order chi connectivity index (χ1) is 9.26. The average molecular weight is 316 g/mol. The Kier molecular flexibility index (Phi) is 3.18. The number of aromatic nitrogens is 2. The Morgan fingerprint density at radius 3 is 2.95 bits per heavy atom. The zero-order chi connectivity index (χ0) is 13.2. The van der Waals surface area contributed by atoms with Crippen LogP contribution in [-0.2, 0) is 12.8 Å². The lowest BCUT2D eigenvalue weighted by atomic mass is 10.1. The highest BCUT2D eigenvalue weighted by molar-refractivity contribution is 9.10. The molecule has 19 heavy (non-hydrogen) atoms. The molecule has 2 heterocycles. The van der Waals surface area contributed by atoms with Crippen molar-refractivity contribution in [3.05, 3.63) is 45.8 Å². The minimum Gasteiger partial charge on any atom is -0.436 e. The van der Waals surface area contributed by atoms with Gasteiger partial charge in [-0.05, 0) is 52.9 Å². The van der Waals surface area contributed by atoms with Gasteiger partial charge in [0.15, 0.2) is 0 Å². The fourth-order valence-electron chi connectivity index (χ4n) is 2.17. The van der Waals surface area contributed by atoms with Crippen molar-refractivity contribution in [3.8, 4) is 17.7 Å². The number of hydrogen-bond acceptors (Lipinski definition) is 4. The van der Waals surface area contributed by atoms with E-state index < -0.39 is 0 Å². The summed E-state index contributed by atoms with van der Waals surface area (Å²) in [5.74, 6) is 0.930. The van der Waals surface area contributed by atoms with E-state index in [1.54, 1.807) is 18.5 Å². The van der Waals surface area contributed by atoms with E-state index in [2.05, 4.69) is 32.0 Å². The quantitative estimate of drug-likeness (QED) is 0.852. The van der Waals surface area contributed by atoms with Gasteiger partial charge in [-0.2, -0.15) is 5.26 Å². The summed E-state index contributed by atoms with van der Waals surface area (Å²) in [7, 11) is 0. The first-order valence-corrected chi connectivity index (χ1v) is 6.77. The van der Waals surface area contributed by atoms with Gasteiger partial charge in [-0.25, -0.2) is 4.98 Å². The monoisotopic (exact) mass is 315 g/mol. The van der Waals surface area contributed by atoms with Gasteiger partial charge in [-0.1, -0.05) is 0 Å². The molecule has 5 heteroatoms. The molecule has 0 aliphatic heterocycles. The molecule has 4 nitrogen and oxygen atoms in total. The van der Waals surface area contributed by atoms with Gasteiger partial charge >= 0.3 is 0 Å². The summed E-state index contributed by atoms with van der Waals surface area (Å²) in [5.41, 5.74) is 2.67. The zero-order valence-electron chi connectivity index (χ0n) is 10.1. The van der Waals surface area contributed by atoms with E-state index in [4.69, 9.17) is 4.74 Å². The Balaban J connectivity index is 1.99. The highest BCUT2D eigenvalue weighted by atomic mass is 79.9. The minimum atomic E-state index is 0.364. The van der Waals surface area contributed by atoms with E-state index in [9.17, 15) is 5.26 Å². The lowest BCUT2D eigenvalue weighted by Gasteiger charge is -2.08. The zero-order valence-corrected chi connectivity index (χ0v) is 11.6. The number of hydrogen-bond donors (Lipinski definition) is 0. The fourth-order valence-corrected chi connectivity index (χ4v) is 2.51. The predicted molar refractivity (Wildman–Crippen MR) is 73.0 cm³/mol. The first-order valence-electron chi connectivity index (χ1n) is 5.97. The molecule has 0 radical (unpaired) electrons. The van der Waals surface area contributed by atoms with Crippen molar-refractivity contribution in [2.75, 3.05) is 0 Å². The summed E-state index contributed by atoms with van der Waals surface area (Å²) >= 11 is 3.33. The smallest absolute Gasteiger partial charge is 0.237 e. The van der Waals surface area contributed by atoms with Gasteiger partial charge in [0.2, 0.25) is 5.88 Å². The predicted octanol–water partition coefficient (Wildman–Crippen LogP) is 3.39. The van der Waals surface area contributed by atoms with Crippen molar-refractivity contribution in [2.24, 2.45) is 0 Å². The average Bonchev–Trinajstić information content (AvgIpc) is 2.85. The van der Waals surface area contributed by atoms with E-state index in [1.165, 1.54) is 0 Å². The second kappa shape index (κ2) is 4.98. The Morgan fingerprint density at radius 2 is 2.16 bits per heavy atom. The Morgan fingerprint density at radius 1 is 1.26 bits per heavy atom. The van der Waals surface area contributed by atoms with Crippen molar-refractivity contribution in [1.82, 2.24) is 9.97 Å². The van der Waals surface area contributed by atoms with Gasteiger partial charge in [-0.15, -0.1) is 0 Å². The van der Waals surface area contributed by atoms with Crippen LogP contribution in [0.15, 0.2) is 29.0 Å². The number of rotatable bonds is 2. The van der Waals surface area contributed by atoms with Crippen LogP contribution in [0.25, 0.3) is 0 Å². The van der Waals surface area contributed by atoms with Crippen LogP contribution >= 0.6 is 15.9 Å². The lowest BCUT2D eigenvalue weighted by molar-refractivity contribution is 0.457. The highest BCUT2D eigenvalue weighted by Gasteiger charge is 2.17. The summed E-state index contributed by atoms with van der Waals surface area (Å²) in [6, 6.07) is 5.82. The van der Waals surface area contributed by atoms with Gasteiger partial charge in [-0.3, -0.25) is 4.98 Å². The van der Waals surface area contributed by atoms with E-state index in [-0.39, 0.29) is 0 Å². The molecular weight excluding hydrogens is 306 g/mol. The number of halogens is 1. The van der Waals surface area contributed by atoms with E-state index in [0.717, 1.165) is 35.0 Å². The SMILES string of the molecule is N#Cc1cc2c(nc1Oc1cncc(Br)c1)CCC2. The Labute approximate surface area is 119 Å². The number of fused-ring (bicyclic) bond motifs is 1. The van der Waals surface area contributed by atoms with Crippen LogP contribution in [0.4, 0.5) is 0 Å². The molecule has 0 fully saturated rings. The normalized spacial score (nSPS) is 12.8. The number of nitrogens with zero attached hydrogens (tertiary/aromatic N) is 3. The van der Waals surface area contributed by atoms with Crippen LogP contribution in [0.5, 0.6) is 11.6 Å². The molecule has 1 aliphatic carbocycles. The molecule has 0 N–H and O–H groups in total. The van der Waals surface area contributed by atoms with Crippen LogP contribution in [0, 0.1) is 11.3 Å². The molecular formula is C14H10BrN3O. The van der Waals surface area contributed by atoms with Gasteiger partial charge in [0.1, 0.15) is 17.4 Å². The van der Waals surface area contributed by atoms with Crippen molar-refractivity contribution in [3.63, 3.8) is 0 Å². The molecule has 2 aromatic heterocycles. The summed E-state index contributed by atoms with van der Waals surface area (Å²) < 4.78 is 6.50. The topological polar surface area (TPSA) is 58.8 Å². The maximum Gasteiger partial charge on any atom is 0.237 e. The largest absolute Gasteiger partial charge is 0.436 e. The van der Waals surface area contributed by atoms with Crippen molar-refractivity contribution >= 4 is 15.9 Å². The van der Waals surface area contributed by atoms with Crippen molar-refractivity contribution in [2.45, 2.75) is 19.3 Å². The van der Waals surface area contributed by atoms with Crippen LogP contribution in [0.1, 0.15) is 23.2 Å². The molecule has 94 valence electrons. The van der Waals surface area contributed by atoms with Crippen LogP contribution < -0.4 is 4.74 Å². The summed E-state index contributed by atoms with van der Waals surface area (Å²) in [4.78, 5) is 8.49. The molecule has 0 amide bonds. The minimum absolute atomic E-state index is 0.364. The van der Waals surface area contributed by atoms with Gasteiger partial charge in [0.05, 0.1) is 6.20 Å². The van der Waals surface area contributed by atoms with Crippen LogP contribution in [-0.4, -0.2) is 9.97 Å². The molecule has 0 unspecified atom stereocenters. The van der Waals surface area contributed by atoms with Crippen LogP contribution in [0.3, 0.4) is 0 Å². The van der Waals surface area contributed by atoms with Crippen molar-refractivity contribution in [1.29, 1.82) is 5.26 Å². The summed E-state index contributed by atoms with van der Waals surface area (Å²) in [6.45, 7) is 0. The van der Waals surface area contributed by atoms with Gasteiger partial charge in [0, 0.05) is 16.4 Å². The number of pyridine rings is 2. The molecule has 3 rings (SSSR count). The van der Waals surface area contributed by atoms with Crippen molar-refractivity contribution < 1.29 is 4.74 Å². The third-order valence-electron chi connectivity index (χ3n) is 3.03. The standard InChI is InChI=1S/C14H10BrN3O/c15-11-5-12(8-17-7-11)19-14-10(6-16)4-9-2-1-3-13(9)18-14/h4-5,7-8H,1-3H2. The molecule has 0 bridgehead atoms. The van der Waals surface area contributed by atoms with Crippen LogP contribution in [0.2, 0.25) is 0 Å². The molecule has 0 saturated carbocycles. The number of ether oxygens (including phenoxy) is 1. The number of nitriles is 1. The third-order valence-corrected chi connectivity index (χ3v) is 3.46. The Hall–Kier alpha value is -1.93. The first kappa shape index (κ1) is 12.1. The van der Waals surface area contributed by atoms with E-state index in [1.807, 2.05) is 6.07 Å². The molecule has 1 aliphatic rings. The molecule has 0 atom stereocenters. The molecule has 0 aromatic carbocycles. The van der Waals surface area contributed by atoms with E-state index in [0.29, 0.717) is 17.2 Å². The summed E-state index contributed by atoms with van der Waals surface area (Å²) in [5, 5.41) is 9.19. The summed E-state index contributed by atoms with van der Waals surface area (Å²) in [6.07, 6.45) is 6.31. The molecule has 2 aromatic rings. The second-order valence-corrected chi connectivity index (χ2v) is 5.27. The lowest BCUT2D eigenvalue weighted by Crippen LogP contribution is -1.97. The van der Waals surface area contributed by atoms with Gasteiger partial charge < -0.3 is 4.74 Å². The maximum absolute atomic E-state index is 9.19. The fraction of sp³-hybridized carbons (Fsp3) is 0.214. The molecule has 0 spiro atoms. The highest BCUT2D eigenvalue weighted by Crippen LogP contribution is 2.29. The Bertz CT molecular complexity index is 679. The maximum atomic E-state index is 9.19. The molecule has 0 saturated heterocycles. The van der Waals surface area contributed by atoms with Gasteiger partial charge in [0.25, 0.3) is 0 Å². The number of aryl methyl sites for hydroxylation is 2. The third kappa shape index (κ3) is 2.45. The second-order valence-electron chi connectivity index (χ2n) is 4.35.